The van der Waals surface area contributed by atoms with Crippen molar-refractivity contribution in [1.82, 2.24) is 5.32 Å². The second-order valence-corrected chi connectivity index (χ2v) is 5.64. The SMILES string of the molecule is CCCC(N[C@@H](CO)c1ccccc1)c1ccc(Cl)cc1. The summed E-state index contributed by atoms with van der Waals surface area (Å²) < 4.78 is 0. The van der Waals surface area contributed by atoms with Gasteiger partial charge in [-0.15, -0.1) is 0 Å². The van der Waals surface area contributed by atoms with Gasteiger partial charge >= 0.3 is 0 Å². The Hall–Kier alpha value is -1.35. The Balaban J connectivity index is 2.16. The molecule has 2 nitrogen and oxygen atoms in total. The minimum atomic E-state index is -0.0570. The number of hydrogen-bond acceptors (Lipinski definition) is 2. The van der Waals surface area contributed by atoms with E-state index in [1.807, 2.05) is 42.5 Å². The van der Waals surface area contributed by atoms with Gasteiger partial charge in [0.05, 0.1) is 12.6 Å². The molecule has 0 saturated heterocycles. The van der Waals surface area contributed by atoms with Gasteiger partial charge in [0, 0.05) is 11.1 Å². The van der Waals surface area contributed by atoms with Gasteiger partial charge < -0.3 is 10.4 Å². The predicted octanol–water partition coefficient (Wildman–Crippen LogP) is 4.50. The molecule has 112 valence electrons. The molecule has 0 spiro atoms. The molecule has 0 heterocycles. The summed E-state index contributed by atoms with van der Waals surface area (Å²) in [7, 11) is 0. The van der Waals surface area contributed by atoms with Crippen LogP contribution in [0, 0.1) is 0 Å². The molecule has 2 N–H and O–H groups in total. The molecule has 0 bridgehead atoms. The zero-order valence-electron chi connectivity index (χ0n) is 12.3. The van der Waals surface area contributed by atoms with Crippen molar-refractivity contribution in [3.63, 3.8) is 0 Å². The van der Waals surface area contributed by atoms with Crippen molar-refractivity contribution in [1.29, 1.82) is 0 Å². The van der Waals surface area contributed by atoms with Crippen LogP contribution in [0.1, 0.15) is 43.0 Å². The van der Waals surface area contributed by atoms with Crippen LogP contribution in [0.3, 0.4) is 0 Å². The lowest BCUT2D eigenvalue weighted by atomic mass is 9.99. The summed E-state index contributed by atoms with van der Waals surface area (Å²) in [6.07, 6.45) is 2.10. The summed E-state index contributed by atoms with van der Waals surface area (Å²) >= 11 is 5.96. The van der Waals surface area contributed by atoms with Crippen molar-refractivity contribution in [3.8, 4) is 0 Å². The van der Waals surface area contributed by atoms with Crippen LogP contribution in [0.4, 0.5) is 0 Å². The molecule has 0 aliphatic rings. The largest absolute Gasteiger partial charge is 0.394 e. The summed E-state index contributed by atoms with van der Waals surface area (Å²) in [5.41, 5.74) is 2.31. The van der Waals surface area contributed by atoms with E-state index in [9.17, 15) is 5.11 Å². The van der Waals surface area contributed by atoms with Gasteiger partial charge in [-0.3, -0.25) is 0 Å². The van der Waals surface area contributed by atoms with Crippen LogP contribution in [0.25, 0.3) is 0 Å². The Morgan fingerprint density at radius 3 is 2.14 bits per heavy atom. The molecule has 0 saturated carbocycles. The monoisotopic (exact) mass is 303 g/mol. The van der Waals surface area contributed by atoms with Gasteiger partial charge in [-0.25, -0.2) is 0 Å². The van der Waals surface area contributed by atoms with Crippen molar-refractivity contribution >= 4 is 11.6 Å². The third-order valence-corrected chi connectivity index (χ3v) is 3.89. The van der Waals surface area contributed by atoms with Gasteiger partial charge in [-0.2, -0.15) is 0 Å². The first kappa shape index (κ1) is 16.0. The van der Waals surface area contributed by atoms with E-state index in [2.05, 4.69) is 24.4 Å². The Labute approximate surface area is 131 Å². The maximum Gasteiger partial charge on any atom is 0.0626 e. The molecule has 0 aromatic heterocycles. The zero-order valence-corrected chi connectivity index (χ0v) is 13.1. The van der Waals surface area contributed by atoms with Crippen LogP contribution >= 0.6 is 11.6 Å². The number of halogens is 1. The second-order valence-electron chi connectivity index (χ2n) is 5.21. The molecule has 21 heavy (non-hydrogen) atoms. The van der Waals surface area contributed by atoms with Gasteiger partial charge in [0.15, 0.2) is 0 Å². The highest BCUT2D eigenvalue weighted by Gasteiger charge is 2.17. The molecule has 0 aliphatic carbocycles. The van der Waals surface area contributed by atoms with Gasteiger partial charge in [0.2, 0.25) is 0 Å². The van der Waals surface area contributed by atoms with E-state index in [1.54, 1.807) is 0 Å². The van der Waals surface area contributed by atoms with Crippen LogP contribution in [-0.4, -0.2) is 11.7 Å². The molecule has 0 amide bonds. The maximum absolute atomic E-state index is 9.70. The molecule has 2 rings (SSSR count). The Morgan fingerprint density at radius 1 is 0.952 bits per heavy atom. The zero-order chi connectivity index (χ0) is 15.1. The van der Waals surface area contributed by atoms with Gasteiger partial charge in [0.25, 0.3) is 0 Å². The highest BCUT2D eigenvalue weighted by Crippen LogP contribution is 2.24. The summed E-state index contributed by atoms with van der Waals surface area (Å²) in [6, 6.07) is 18.1. The normalized spacial score (nSPS) is 13.9. The van der Waals surface area contributed by atoms with Crippen molar-refractivity contribution in [2.45, 2.75) is 31.8 Å². The maximum atomic E-state index is 9.70. The van der Waals surface area contributed by atoms with E-state index in [0.29, 0.717) is 0 Å². The molecule has 0 radical (unpaired) electrons. The average molecular weight is 304 g/mol. The molecule has 2 atom stereocenters. The van der Waals surface area contributed by atoms with Crippen LogP contribution in [0.2, 0.25) is 5.02 Å². The van der Waals surface area contributed by atoms with Crippen LogP contribution in [0.5, 0.6) is 0 Å². The van der Waals surface area contributed by atoms with Crippen LogP contribution in [-0.2, 0) is 0 Å². The highest BCUT2D eigenvalue weighted by atomic mass is 35.5. The van der Waals surface area contributed by atoms with E-state index in [-0.39, 0.29) is 18.7 Å². The van der Waals surface area contributed by atoms with Crippen molar-refractivity contribution in [2.24, 2.45) is 0 Å². The number of aliphatic hydroxyl groups excluding tert-OH is 1. The second kappa shape index (κ2) is 8.18. The molecule has 1 unspecified atom stereocenters. The molecule has 2 aromatic rings. The molecular weight excluding hydrogens is 282 g/mol. The summed E-state index contributed by atoms with van der Waals surface area (Å²) in [6.45, 7) is 2.25. The van der Waals surface area contributed by atoms with Gasteiger partial charge in [-0.05, 0) is 29.7 Å². The summed E-state index contributed by atoms with van der Waals surface area (Å²) in [5.74, 6) is 0. The number of aliphatic hydroxyl groups is 1. The fraction of sp³-hybridized carbons (Fsp3) is 0.333. The first-order chi connectivity index (χ1) is 10.2. The lowest BCUT2D eigenvalue weighted by Crippen LogP contribution is -2.29. The smallest absolute Gasteiger partial charge is 0.0626 e. The number of nitrogens with one attached hydrogen (secondary N) is 1. The Kier molecular flexibility index (Phi) is 6.24. The lowest BCUT2D eigenvalue weighted by molar-refractivity contribution is 0.230. The minimum absolute atomic E-state index is 0.0570. The standard InChI is InChI=1S/C18H22ClNO/c1-2-6-17(15-9-11-16(19)12-10-15)20-18(13-21)14-7-4-3-5-8-14/h3-5,7-12,17-18,20-21H,2,6,13H2,1H3/t17?,18-/m0/s1. The fourth-order valence-corrected chi connectivity index (χ4v) is 2.64. The third-order valence-electron chi connectivity index (χ3n) is 3.64. The fourth-order valence-electron chi connectivity index (χ4n) is 2.51. The van der Waals surface area contributed by atoms with E-state index in [4.69, 9.17) is 11.6 Å². The van der Waals surface area contributed by atoms with E-state index in [1.165, 1.54) is 5.56 Å². The summed E-state index contributed by atoms with van der Waals surface area (Å²) in [5, 5.41) is 14.0. The highest BCUT2D eigenvalue weighted by molar-refractivity contribution is 6.30. The topological polar surface area (TPSA) is 32.3 Å². The first-order valence-corrected chi connectivity index (χ1v) is 7.79. The molecule has 0 fully saturated rings. The van der Waals surface area contributed by atoms with Crippen molar-refractivity contribution in [2.75, 3.05) is 6.61 Å². The van der Waals surface area contributed by atoms with Gasteiger partial charge in [0.1, 0.15) is 0 Å². The van der Waals surface area contributed by atoms with Crippen LogP contribution < -0.4 is 5.32 Å². The number of benzene rings is 2. The van der Waals surface area contributed by atoms with E-state index < -0.39 is 0 Å². The molecule has 3 heteroatoms. The lowest BCUT2D eigenvalue weighted by Gasteiger charge is -2.25. The van der Waals surface area contributed by atoms with E-state index in [0.717, 1.165) is 23.4 Å². The number of rotatable bonds is 7. The Morgan fingerprint density at radius 2 is 1.57 bits per heavy atom. The average Bonchev–Trinajstić information content (AvgIpc) is 2.53. The molecule has 2 aromatic carbocycles. The molecule has 0 aliphatic heterocycles. The quantitative estimate of drug-likeness (QED) is 0.789. The number of hydrogen-bond donors (Lipinski definition) is 2. The predicted molar refractivity (Wildman–Crippen MR) is 88.5 cm³/mol. The van der Waals surface area contributed by atoms with Crippen molar-refractivity contribution < 1.29 is 5.11 Å². The first-order valence-electron chi connectivity index (χ1n) is 7.42. The molecular formula is C18H22ClNO. The third kappa shape index (κ3) is 4.57. The van der Waals surface area contributed by atoms with E-state index >= 15 is 0 Å². The summed E-state index contributed by atoms with van der Waals surface area (Å²) in [4.78, 5) is 0. The van der Waals surface area contributed by atoms with Crippen molar-refractivity contribution in [3.05, 3.63) is 70.7 Å². The van der Waals surface area contributed by atoms with Crippen LogP contribution in [0.15, 0.2) is 54.6 Å². The Bertz CT molecular complexity index is 527. The minimum Gasteiger partial charge on any atom is -0.394 e. The van der Waals surface area contributed by atoms with Gasteiger partial charge in [-0.1, -0.05) is 67.4 Å².